The van der Waals surface area contributed by atoms with Gasteiger partial charge in [0.2, 0.25) is 0 Å². The highest BCUT2D eigenvalue weighted by Gasteiger charge is 2.15. The maximum absolute atomic E-state index is 12.1. The Hall–Kier alpha value is 0.920. The van der Waals surface area contributed by atoms with Crippen molar-refractivity contribution in [2.45, 2.75) is 103 Å². The molecule has 10 heteroatoms. The summed E-state index contributed by atoms with van der Waals surface area (Å²) < 4.78 is 20.7. The van der Waals surface area contributed by atoms with Gasteiger partial charge >= 0.3 is 11.9 Å². The lowest BCUT2D eigenvalue weighted by molar-refractivity contribution is -0.141. The highest BCUT2D eigenvalue weighted by atomic mass is 127. The number of carbonyl (C=O) groups excluding carboxylic acids is 2. The molecule has 2 atom stereocenters. The highest BCUT2D eigenvalue weighted by Crippen LogP contribution is 2.26. The molecule has 0 rings (SSSR count). The van der Waals surface area contributed by atoms with Crippen molar-refractivity contribution in [3.05, 3.63) is 11.1 Å². The van der Waals surface area contributed by atoms with Crippen molar-refractivity contribution in [2.75, 3.05) is 27.4 Å². The van der Waals surface area contributed by atoms with Crippen molar-refractivity contribution in [3.8, 4) is 0 Å². The molecule has 0 heterocycles. The predicted molar refractivity (Wildman–Crippen MR) is 162 cm³/mol. The van der Waals surface area contributed by atoms with Crippen LogP contribution in [-0.2, 0) is 28.1 Å². The van der Waals surface area contributed by atoms with E-state index in [2.05, 4.69) is 44.1 Å². The molecule has 0 aliphatic rings. The molecule has 0 aromatic heterocycles. The lowest BCUT2D eigenvalue weighted by Crippen LogP contribution is -2.09. The summed E-state index contributed by atoms with van der Waals surface area (Å²) in [6.07, 6.45) is 16.0. The molecule has 0 saturated carbocycles. The molecule has 0 N–H and O–H groups in total. The zero-order valence-electron chi connectivity index (χ0n) is 20.9. The molecule has 2 unspecified atom stereocenters. The van der Waals surface area contributed by atoms with Gasteiger partial charge in [-0.1, -0.05) is 62.5 Å². The van der Waals surface area contributed by atoms with E-state index >= 15 is 0 Å². The second kappa shape index (κ2) is 27.0. The van der Waals surface area contributed by atoms with Crippen molar-refractivity contribution in [1.29, 1.82) is 0 Å². The van der Waals surface area contributed by atoms with Gasteiger partial charge in [-0.3, -0.25) is 9.59 Å². The zero-order valence-corrected chi connectivity index (χ0v) is 27.2. The van der Waals surface area contributed by atoms with Gasteiger partial charge in [-0.15, -0.1) is 0 Å². The Balaban J connectivity index is 4.66. The Kier molecular flexibility index (Phi) is 27.7. The molecule has 6 nitrogen and oxygen atoms in total. The van der Waals surface area contributed by atoms with Crippen LogP contribution in [0.2, 0.25) is 0 Å². The van der Waals surface area contributed by atoms with Crippen LogP contribution < -0.4 is 0 Å². The molecule has 0 aromatic carbocycles. The van der Waals surface area contributed by atoms with Crippen LogP contribution in [0.5, 0.6) is 0 Å². The minimum atomic E-state index is -0.234. The van der Waals surface area contributed by atoms with E-state index in [0.29, 0.717) is 12.9 Å². The monoisotopic (exact) mass is 744 g/mol. The molecule has 0 aliphatic heterocycles. The molecule has 0 fully saturated rings. The van der Waals surface area contributed by atoms with E-state index in [0.717, 1.165) is 75.7 Å². The normalized spacial score (nSPS) is 12.6. The van der Waals surface area contributed by atoms with Crippen LogP contribution in [0, 0.1) is 0 Å². The first kappa shape index (κ1) is 34.9. The summed E-state index contributed by atoms with van der Waals surface area (Å²) in [6.45, 7) is 2.81. The lowest BCUT2D eigenvalue weighted by Gasteiger charge is -2.15. The van der Waals surface area contributed by atoms with Crippen molar-refractivity contribution >= 4 is 68.9 Å². The first-order valence-corrected chi connectivity index (χ1v) is 20.4. The van der Waals surface area contributed by atoms with Gasteiger partial charge < -0.3 is 18.5 Å². The average molecular weight is 744 g/mol. The van der Waals surface area contributed by atoms with Crippen LogP contribution in [0.4, 0.5) is 0 Å². The highest BCUT2D eigenvalue weighted by molar-refractivity contribution is 14.2. The number of carbonyl (C=O) groups is 2. The van der Waals surface area contributed by atoms with E-state index in [1.807, 2.05) is 0 Å². The zero-order chi connectivity index (χ0) is 25.3. The Morgan fingerprint density at radius 3 is 1.21 bits per heavy atom. The summed E-state index contributed by atoms with van der Waals surface area (Å²) in [7, 11) is 2.85. The van der Waals surface area contributed by atoms with Crippen LogP contribution >= 0.6 is 57.0 Å². The number of halogens is 2. The van der Waals surface area contributed by atoms with E-state index in [1.165, 1.54) is 52.7 Å². The van der Waals surface area contributed by atoms with Gasteiger partial charge in [0, 0.05) is 0 Å². The van der Waals surface area contributed by atoms with E-state index < -0.39 is 0 Å². The molecule has 0 amide bonds. The van der Waals surface area contributed by atoms with Gasteiger partial charge in [0.1, 0.15) is 0 Å². The molecule has 0 aromatic rings. The molecule has 200 valence electrons. The molecule has 0 bridgehead atoms. The number of hydrogen-bond acceptors (Lipinski definition) is 6. The number of hydrogen-bond donors (Lipinski definition) is 0. The van der Waals surface area contributed by atoms with Gasteiger partial charge in [0.25, 0.3) is 0 Å². The third kappa shape index (κ3) is 22.1. The van der Waals surface area contributed by atoms with Crippen LogP contribution in [-0.4, -0.2) is 39.4 Å². The SMILES string of the molecule is COC(=O)C/C(CCCCCCCCOPI)=C(/CCCCCCCCOPI)CC(=O)OC. The van der Waals surface area contributed by atoms with Crippen LogP contribution in [0.1, 0.15) is 103 Å². The third-order valence-electron chi connectivity index (χ3n) is 5.73. The summed E-state index contributed by atoms with van der Waals surface area (Å²) in [5, 5.41) is 0. The fourth-order valence-corrected chi connectivity index (χ4v) is 5.55. The standard InChI is InChI=1S/C24H44I2O6P2/c1-29-23(27)19-21(15-11-7-3-5-9-13-17-31-33-25)22(20-24(28)30-2)16-12-8-4-6-10-14-18-32-34-26/h33-34H,3-20H2,1-2H3/b22-21-. The number of esters is 2. The molecule has 34 heavy (non-hydrogen) atoms. The molecule has 0 radical (unpaired) electrons. The quantitative estimate of drug-likeness (QED) is 0.0324. The van der Waals surface area contributed by atoms with E-state index in [-0.39, 0.29) is 24.8 Å². The average Bonchev–Trinajstić information content (AvgIpc) is 2.84. The summed E-state index contributed by atoms with van der Waals surface area (Å²) >= 11 is 4.51. The number of ether oxygens (including phenoxy) is 2. The summed E-state index contributed by atoms with van der Waals surface area (Å²) in [5.41, 5.74) is 2.15. The van der Waals surface area contributed by atoms with Crippen molar-refractivity contribution in [1.82, 2.24) is 0 Å². The van der Waals surface area contributed by atoms with E-state index in [4.69, 9.17) is 18.5 Å². The number of unbranched alkanes of at least 4 members (excludes halogenated alkanes) is 10. The molecular weight excluding hydrogens is 700 g/mol. The minimum absolute atomic E-state index is 0.234. The maximum atomic E-state index is 12.1. The third-order valence-corrected chi connectivity index (χ3v) is 8.22. The van der Waals surface area contributed by atoms with E-state index in [1.54, 1.807) is 0 Å². The second-order valence-corrected chi connectivity index (χ2v) is 11.8. The minimum Gasteiger partial charge on any atom is -0.469 e. The van der Waals surface area contributed by atoms with E-state index in [9.17, 15) is 9.59 Å². The smallest absolute Gasteiger partial charge is 0.309 e. The van der Waals surface area contributed by atoms with Crippen molar-refractivity contribution < 1.29 is 28.1 Å². The number of methoxy groups -OCH3 is 2. The Morgan fingerprint density at radius 1 is 0.559 bits per heavy atom. The first-order chi connectivity index (χ1) is 16.6. The fourth-order valence-electron chi connectivity index (χ4n) is 3.79. The molecule has 0 aliphatic carbocycles. The van der Waals surface area contributed by atoms with Gasteiger partial charge in [-0.05, 0) is 82.6 Å². The lowest BCUT2D eigenvalue weighted by atomic mass is 9.92. The van der Waals surface area contributed by atoms with Crippen molar-refractivity contribution in [2.24, 2.45) is 0 Å². The molecular formula is C24H44I2O6P2. The van der Waals surface area contributed by atoms with Crippen LogP contribution in [0.3, 0.4) is 0 Å². The summed E-state index contributed by atoms with van der Waals surface area (Å²) in [5.74, 6) is -0.467. The van der Waals surface area contributed by atoms with Gasteiger partial charge in [0.15, 0.2) is 0 Å². The summed E-state index contributed by atoms with van der Waals surface area (Å²) in [4.78, 5) is 24.1. The van der Waals surface area contributed by atoms with Gasteiger partial charge in [-0.25, -0.2) is 0 Å². The molecule has 0 saturated heterocycles. The predicted octanol–water partition coefficient (Wildman–Crippen LogP) is 8.79. The molecule has 0 spiro atoms. The van der Waals surface area contributed by atoms with Crippen molar-refractivity contribution in [3.63, 3.8) is 0 Å². The Labute approximate surface area is 236 Å². The summed E-state index contributed by atoms with van der Waals surface area (Å²) in [6, 6.07) is 0. The number of rotatable bonds is 24. The first-order valence-electron chi connectivity index (χ1n) is 12.4. The largest absolute Gasteiger partial charge is 0.469 e. The van der Waals surface area contributed by atoms with Crippen LogP contribution in [0.15, 0.2) is 11.1 Å². The topological polar surface area (TPSA) is 71.1 Å². The second-order valence-electron chi connectivity index (χ2n) is 8.31. The maximum Gasteiger partial charge on any atom is 0.309 e. The Bertz CT molecular complexity index is 504. The fraction of sp³-hybridized carbons (Fsp3) is 0.833. The van der Waals surface area contributed by atoms with Gasteiger partial charge in [0.05, 0.1) is 53.2 Å². The van der Waals surface area contributed by atoms with Gasteiger partial charge in [-0.2, -0.15) is 0 Å². The Morgan fingerprint density at radius 2 is 0.882 bits per heavy atom. The van der Waals surface area contributed by atoms with Crippen LogP contribution in [0.25, 0.3) is 0 Å².